The highest BCUT2D eigenvalue weighted by Crippen LogP contribution is 2.00. The first kappa shape index (κ1) is 6.53. The molecule has 9 heavy (non-hydrogen) atoms. The van der Waals surface area contributed by atoms with Crippen LogP contribution in [0.4, 0.5) is 0 Å². The lowest BCUT2D eigenvalue weighted by Crippen LogP contribution is -2.41. The van der Waals surface area contributed by atoms with E-state index in [0.29, 0.717) is 6.61 Å². The molecule has 3 heteroatoms. The Bertz CT molecular complexity index is 130. The second kappa shape index (κ2) is 2.81. The lowest BCUT2D eigenvalue weighted by molar-refractivity contribution is 0.0260. The summed E-state index contributed by atoms with van der Waals surface area (Å²) >= 11 is 0. The van der Waals surface area contributed by atoms with Gasteiger partial charge in [-0.15, -0.1) is 0 Å². The number of ether oxygens (including phenoxy) is 1. The van der Waals surface area contributed by atoms with Gasteiger partial charge in [0, 0.05) is 6.54 Å². The molecule has 1 rings (SSSR count). The summed E-state index contributed by atoms with van der Waals surface area (Å²) in [5.41, 5.74) is 0. The average Bonchev–Trinajstić information content (AvgIpc) is 1.89. The highest BCUT2D eigenvalue weighted by molar-refractivity contribution is 4.91. The minimum Gasteiger partial charge on any atom is -0.377 e. The highest BCUT2D eigenvalue weighted by Gasteiger charge is 2.17. The Morgan fingerprint density at radius 3 is 3.00 bits per heavy atom. The summed E-state index contributed by atoms with van der Waals surface area (Å²) in [7, 11) is 1.94. The van der Waals surface area contributed by atoms with Gasteiger partial charge in [0.25, 0.3) is 0 Å². The monoisotopic (exact) mass is 126 g/mol. The molecule has 0 amide bonds. The molecule has 0 saturated carbocycles. The number of nitrogens with zero attached hydrogens (tertiary/aromatic N) is 2. The van der Waals surface area contributed by atoms with Gasteiger partial charge in [0.15, 0.2) is 0 Å². The topological polar surface area (TPSA) is 36.3 Å². The molecule has 1 unspecified atom stereocenters. The van der Waals surface area contributed by atoms with Crippen molar-refractivity contribution in [3.63, 3.8) is 0 Å². The van der Waals surface area contributed by atoms with Crippen LogP contribution in [0.5, 0.6) is 0 Å². The molecule has 0 aromatic carbocycles. The number of hydrogen-bond donors (Lipinski definition) is 0. The second-order valence-corrected chi connectivity index (χ2v) is 2.20. The molecule has 1 aliphatic rings. The molecule has 0 radical (unpaired) electrons. The maximum atomic E-state index is 8.49. The van der Waals surface area contributed by atoms with Crippen molar-refractivity contribution in [2.45, 2.75) is 6.04 Å². The quantitative estimate of drug-likeness (QED) is 0.452. The predicted molar refractivity (Wildman–Crippen MR) is 32.8 cm³/mol. The predicted octanol–water partition coefficient (Wildman–Crippen LogP) is -0.159. The summed E-state index contributed by atoms with van der Waals surface area (Å²) in [5.74, 6) is 0. The molecule has 0 bridgehead atoms. The first-order chi connectivity index (χ1) is 4.34. The van der Waals surface area contributed by atoms with Gasteiger partial charge in [-0.05, 0) is 7.05 Å². The van der Waals surface area contributed by atoms with Crippen LogP contribution in [0.3, 0.4) is 0 Å². The molecule has 3 nitrogen and oxygen atoms in total. The Morgan fingerprint density at radius 1 is 1.78 bits per heavy atom. The number of morpholine rings is 1. The summed E-state index contributed by atoms with van der Waals surface area (Å²) in [6, 6.07) is 2.13. The van der Waals surface area contributed by atoms with E-state index >= 15 is 0 Å². The van der Waals surface area contributed by atoms with Crippen molar-refractivity contribution < 1.29 is 4.74 Å². The lowest BCUT2D eigenvalue weighted by atomic mass is 10.3. The van der Waals surface area contributed by atoms with Crippen LogP contribution in [0, 0.1) is 11.3 Å². The van der Waals surface area contributed by atoms with Gasteiger partial charge in [-0.1, -0.05) is 0 Å². The fraction of sp³-hybridized carbons (Fsp3) is 0.833. The van der Waals surface area contributed by atoms with Crippen molar-refractivity contribution in [2.75, 3.05) is 26.8 Å². The maximum Gasteiger partial charge on any atom is 0.121 e. The van der Waals surface area contributed by atoms with Crippen molar-refractivity contribution in [3.8, 4) is 6.07 Å². The van der Waals surface area contributed by atoms with Gasteiger partial charge >= 0.3 is 0 Å². The number of hydrogen-bond acceptors (Lipinski definition) is 3. The van der Waals surface area contributed by atoms with E-state index in [1.807, 2.05) is 11.9 Å². The number of likely N-dealkylation sites (N-methyl/N-ethyl adjacent to an activating group) is 1. The molecule has 0 aromatic heterocycles. The number of rotatable bonds is 0. The zero-order chi connectivity index (χ0) is 6.69. The van der Waals surface area contributed by atoms with Gasteiger partial charge in [-0.3, -0.25) is 4.90 Å². The molecular formula is C6H10N2O. The lowest BCUT2D eigenvalue weighted by Gasteiger charge is -2.26. The summed E-state index contributed by atoms with van der Waals surface area (Å²) in [4.78, 5) is 2.00. The van der Waals surface area contributed by atoms with Crippen molar-refractivity contribution in [3.05, 3.63) is 0 Å². The van der Waals surface area contributed by atoms with Crippen LogP contribution in [0.15, 0.2) is 0 Å². The molecule has 1 heterocycles. The van der Waals surface area contributed by atoms with E-state index in [1.165, 1.54) is 0 Å². The van der Waals surface area contributed by atoms with Crippen LogP contribution in [-0.4, -0.2) is 37.7 Å². The smallest absolute Gasteiger partial charge is 0.121 e. The zero-order valence-electron chi connectivity index (χ0n) is 5.50. The van der Waals surface area contributed by atoms with E-state index in [4.69, 9.17) is 10.00 Å². The molecule has 1 fully saturated rings. The van der Waals surface area contributed by atoms with Gasteiger partial charge in [0.1, 0.15) is 6.04 Å². The van der Waals surface area contributed by atoms with Crippen molar-refractivity contribution in [1.29, 1.82) is 5.26 Å². The minimum atomic E-state index is -0.0289. The highest BCUT2D eigenvalue weighted by atomic mass is 16.5. The van der Waals surface area contributed by atoms with Crippen LogP contribution in [0.2, 0.25) is 0 Å². The Morgan fingerprint density at radius 2 is 2.56 bits per heavy atom. The molecule has 1 aliphatic heterocycles. The van der Waals surface area contributed by atoms with Gasteiger partial charge in [0.2, 0.25) is 0 Å². The van der Waals surface area contributed by atoms with Crippen LogP contribution in [-0.2, 0) is 4.74 Å². The van der Waals surface area contributed by atoms with Crippen molar-refractivity contribution in [1.82, 2.24) is 4.90 Å². The molecule has 0 aliphatic carbocycles. The van der Waals surface area contributed by atoms with Gasteiger partial charge < -0.3 is 4.74 Å². The van der Waals surface area contributed by atoms with E-state index in [0.717, 1.165) is 13.2 Å². The van der Waals surface area contributed by atoms with Crippen LogP contribution in [0.1, 0.15) is 0 Å². The first-order valence-corrected chi connectivity index (χ1v) is 3.02. The Hall–Kier alpha value is -0.590. The van der Waals surface area contributed by atoms with Crippen LogP contribution in [0.25, 0.3) is 0 Å². The molecule has 1 saturated heterocycles. The fourth-order valence-corrected chi connectivity index (χ4v) is 0.822. The summed E-state index contributed by atoms with van der Waals surface area (Å²) < 4.78 is 5.08. The normalized spacial score (nSPS) is 29.6. The SMILES string of the molecule is CN1CCOCC1C#N. The summed E-state index contributed by atoms with van der Waals surface area (Å²) in [6.07, 6.45) is 0. The fourth-order valence-electron chi connectivity index (χ4n) is 0.822. The molecule has 0 N–H and O–H groups in total. The van der Waals surface area contributed by atoms with Gasteiger partial charge in [-0.2, -0.15) is 5.26 Å². The Balaban J connectivity index is 2.41. The maximum absolute atomic E-state index is 8.49. The molecule has 0 spiro atoms. The third-order valence-corrected chi connectivity index (χ3v) is 1.55. The molecule has 1 atom stereocenters. The largest absolute Gasteiger partial charge is 0.377 e. The van der Waals surface area contributed by atoms with E-state index in [1.54, 1.807) is 0 Å². The van der Waals surface area contributed by atoms with Gasteiger partial charge in [-0.25, -0.2) is 0 Å². The molecule has 0 aromatic rings. The molecule has 50 valence electrons. The molecular weight excluding hydrogens is 116 g/mol. The third-order valence-electron chi connectivity index (χ3n) is 1.55. The summed E-state index contributed by atoms with van der Waals surface area (Å²) in [5, 5.41) is 8.49. The second-order valence-electron chi connectivity index (χ2n) is 2.20. The van der Waals surface area contributed by atoms with Crippen LogP contribution >= 0.6 is 0 Å². The average molecular weight is 126 g/mol. The van der Waals surface area contributed by atoms with Crippen molar-refractivity contribution >= 4 is 0 Å². The third kappa shape index (κ3) is 1.41. The van der Waals surface area contributed by atoms with E-state index < -0.39 is 0 Å². The summed E-state index contributed by atoms with van der Waals surface area (Å²) in [6.45, 7) is 2.19. The van der Waals surface area contributed by atoms with Gasteiger partial charge in [0.05, 0.1) is 19.3 Å². The van der Waals surface area contributed by atoms with Crippen molar-refractivity contribution in [2.24, 2.45) is 0 Å². The minimum absolute atomic E-state index is 0.0289. The zero-order valence-corrected chi connectivity index (χ0v) is 5.50. The first-order valence-electron chi connectivity index (χ1n) is 3.02. The van der Waals surface area contributed by atoms with Crippen LogP contribution < -0.4 is 0 Å². The van der Waals surface area contributed by atoms with E-state index in [-0.39, 0.29) is 6.04 Å². The van der Waals surface area contributed by atoms with E-state index in [9.17, 15) is 0 Å². The van der Waals surface area contributed by atoms with E-state index in [2.05, 4.69) is 6.07 Å². The Labute approximate surface area is 54.8 Å². The Kier molecular flexibility index (Phi) is 2.04. The standard InChI is InChI=1S/C6H10N2O/c1-8-2-3-9-5-6(8)4-7/h6H,2-3,5H2,1H3. The number of nitriles is 1.